The first kappa shape index (κ1) is 14.2. The fraction of sp³-hybridized carbons (Fsp3) is 0.250. The maximum Gasteiger partial charge on any atom is 0.270 e. The molecule has 0 aromatic heterocycles. The zero-order valence-corrected chi connectivity index (χ0v) is 11.3. The Morgan fingerprint density at radius 1 is 1.55 bits per heavy atom. The van der Waals surface area contributed by atoms with E-state index in [4.69, 9.17) is 0 Å². The van der Waals surface area contributed by atoms with Gasteiger partial charge in [0.05, 0.1) is 11.0 Å². The third kappa shape index (κ3) is 3.41. The van der Waals surface area contributed by atoms with Crippen molar-refractivity contribution >= 4 is 33.6 Å². The van der Waals surface area contributed by atoms with Gasteiger partial charge in [-0.2, -0.15) is 0 Å². The van der Waals surface area contributed by atoms with Gasteiger partial charge in [0.1, 0.15) is 0 Å². The maximum absolute atomic E-state index is 12.0. The molecule has 2 rings (SSSR count). The van der Waals surface area contributed by atoms with Gasteiger partial charge in [0.15, 0.2) is 5.17 Å². The highest BCUT2D eigenvalue weighted by Gasteiger charge is 2.21. The lowest BCUT2D eigenvalue weighted by Gasteiger charge is -2.16. The van der Waals surface area contributed by atoms with Gasteiger partial charge in [0.25, 0.3) is 5.69 Å². The van der Waals surface area contributed by atoms with E-state index in [0.29, 0.717) is 0 Å². The molecule has 0 saturated heterocycles. The fourth-order valence-corrected chi connectivity index (χ4v) is 2.48. The molecule has 1 aromatic rings. The molecule has 1 aliphatic rings. The summed E-state index contributed by atoms with van der Waals surface area (Å²) in [6.45, 7) is 1.77. The molecule has 0 spiro atoms. The van der Waals surface area contributed by atoms with Crippen molar-refractivity contribution in [2.45, 2.75) is 19.4 Å². The minimum atomic E-state index is -0.566. The third-order valence-electron chi connectivity index (χ3n) is 2.55. The molecule has 0 fully saturated rings. The number of amides is 1. The number of aliphatic imine (C=N–C) groups is 1. The van der Waals surface area contributed by atoms with Gasteiger partial charge in [0, 0.05) is 24.1 Å². The third-order valence-corrected chi connectivity index (χ3v) is 3.37. The zero-order valence-electron chi connectivity index (χ0n) is 10.5. The molecule has 0 aliphatic carbocycles. The van der Waals surface area contributed by atoms with Gasteiger partial charge >= 0.3 is 0 Å². The molecule has 1 heterocycles. The maximum atomic E-state index is 12.0. The van der Waals surface area contributed by atoms with Crippen LogP contribution in [0.25, 0.3) is 0 Å². The Balaban J connectivity index is 2.14. The predicted molar refractivity (Wildman–Crippen MR) is 74.7 cm³/mol. The molecule has 20 heavy (non-hydrogen) atoms. The van der Waals surface area contributed by atoms with Crippen molar-refractivity contribution in [1.29, 1.82) is 0 Å². The van der Waals surface area contributed by atoms with E-state index in [1.54, 1.807) is 6.92 Å². The quantitative estimate of drug-likeness (QED) is 0.661. The molecule has 0 unspecified atom stereocenters. The van der Waals surface area contributed by atoms with Crippen LogP contribution in [0.3, 0.4) is 0 Å². The summed E-state index contributed by atoms with van der Waals surface area (Å²) in [6, 6.07) is 5.25. The van der Waals surface area contributed by atoms with Crippen LogP contribution in [0.1, 0.15) is 23.7 Å². The predicted octanol–water partition coefficient (Wildman–Crippen LogP) is 1.73. The Morgan fingerprint density at radius 2 is 2.30 bits per heavy atom. The number of hydrogen-bond donors (Lipinski definition) is 1. The highest BCUT2D eigenvalue weighted by Crippen LogP contribution is 2.20. The Morgan fingerprint density at radius 3 is 2.95 bits per heavy atom. The van der Waals surface area contributed by atoms with Crippen LogP contribution in [-0.4, -0.2) is 27.2 Å². The van der Waals surface area contributed by atoms with Gasteiger partial charge in [-0.05, 0) is 24.8 Å². The van der Waals surface area contributed by atoms with E-state index < -0.39 is 10.0 Å². The Kier molecular flexibility index (Phi) is 4.14. The smallest absolute Gasteiger partial charge is 0.270 e. The molecule has 0 bridgehead atoms. The number of carbonyl (C=O) groups is 2. The van der Waals surface area contributed by atoms with Crippen LogP contribution < -0.4 is 5.32 Å². The number of carbonyl (C=O) groups excluding carboxylic acids is 2. The number of rotatable bonds is 2. The number of thioether (sulfide) groups is 1. The average Bonchev–Trinajstić information content (AvgIpc) is 2.37. The summed E-state index contributed by atoms with van der Waals surface area (Å²) >= 11 is 0.758. The van der Waals surface area contributed by atoms with Gasteiger partial charge in [-0.25, -0.2) is 0 Å². The molecule has 104 valence electrons. The van der Waals surface area contributed by atoms with Crippen LogP contribution in [0.2, 0.25) is 0 Å². The lowest BCUT2D eigenvalue weighted by Crippen LogP contribution is -2.36. The minimum Gasteiger partial charge on any atom is -0.305 e. The second-order valence-electron chi connectivity index (χ2n) is 4.23. The van der Waals surface area contributed by atoms with E-state index >= 15 is 0 Å². The number of non-ortho nitro benzene ring substituents is 1. The largest absolute Gasteiger partial charge is 0.305 e. The Bertz CT molecular complexity index is 614. The highest BCUT2D eigenvalue weighted by atomic mass is 32.2. The zero-order chi connectivity index (χ0) is 14.7. The second kappa shape index (κ2) is 5.83. The van der Waals surface area contributed by atoms with Crippen LogP contribution >= 0.6 is 11.8 Å². The summed E-state index contributed by atoms with van der Waals surface area (Å²) in [7, 11) is 0. The molecular formula is C12H11N3O4S. The fourth-order valence-electron chi connectivity index (χ4n) is 1.66. The first-order valence-corrected chi connectivity index (χ1v) is 6.61. The van der Waals surface area contributed by atoms with Crippen molar-refractivity contribution in [3.8, 4) is 0 Å². The van der Waals surface area contributed by atoms with Gasteiger partial charge < -0.3 is 5.32 Å². The lowest BCUT2D eigenvalue weighted by molar-refractivity contribution is -0.384. The number of hydrogen-bond acceptors (Lipinski definition) is 6. The summed E-state index contributed by atoms with van der Waals surface area (Å²) in [6.07, 6.45) is 0.287. The summed E-state index contributed by atoms with van der Waals surface area (Å²) < 4.78 is 0. The molecule has 1 amide bonds. The van der Waals surface area contributed by atoms with Gasteiger partial charge in [0.2, 0.25) is 11.0 Å². The SMILES string of the molecule is C[C@@H]1CC(=O)NC(SC(=O)c2cccc([N+](=O)[O-])c2)=N1. The van der Waals surface area contributed by atoms with Crippen molar-refractivity contribution in [2.24, 2.45) is 4.99 Å². The number of nitro groups is 1. The number of amidine groups is 1. The molecule has 0 radical (unpaired) electrons. The summed E-state index contributed by atoms with van der Waals surface area (Å²) in [4.78, 5) is 37.6. The Hall–Kier alpha value is -2.22. The Labute approximate surface area is 118 Å². The van der Waals surface area contributed by atoms with Crippen molar-refractivity contribution < 1.29 is 14.5 Å². The molecule has 1 aromatic carbocycles. The van der Waals surface area contributed by atoms with Crippen LogP contribution in [0.5, 0.6) is 0 Å². The molecule has 0 saturated carbocycles. The van der Waals surface area contributed by atoms with Crippen LogP contribution in [0.15, 0.2) is 29.3 Å². The number of nitrogens with one attached hydrogen (secondary N) is 1. The van der Waals surface area contributed by atoms with E-state index in [2.05, 4.69) is 10.3 Å². The van der Waals surface area contributed by atoms with Crippen molar-refractivity contribution in [1.82, 2.24) is 5.32 Å². The molecule has 8 heteroatoms. The van der Waals surface area contributed by atoms with Crippen molar-refractivity contribution in [3.63, 3.8) is 0 Å². The van der Waals surface area contributed by atoms with Gasteiger partial charge in [-0.1, -0.05) is 6.07 Å². The van der Waals surface area contributed by atoms with Gasteiger partial charge in [-0.3, -0.25) is 24.7 Å². The number of nitrogens with zero attached hydrogens (tertiary/aromatic N) is 2. The van der Waals surface area contributed by atoms with E-state index in [-0.39, 0.29) is 34.8 Å². The lowest BCUT2D eigenvalue weighted by atomic mass is 10.2. The monoisotopic (exact) mass is 293 g/mol. The van der Waals surface area contributed by atoms with Crippen molar-refractivity contribution in [2.75, 3.05) is 0 Å². The van der Waals surface area contributed by atoms with Crippen LogP contribution in [-0.2, 0) is 4.79 Å². The first-order valence-electron chi connectivity index (χ1n) is 5.80. The van der Waals surface area contributed by atoms with Crippen LogP contribution in [0, 0.1) is 10.1 Å². The standard InChI is InChI=1S/C12H11N3O4S/c1-7-5-10(16)14-12(13-7)20-11(17)8-3-2-4-9(6-8)15(18)19/h2-4,6-7H,5H2,1H3,(H,13,14,16)/t7-/m1/s1. The summed E-state index contributed by atoms with van der Waals surface area (Å²) in [5.74, 6) is -0.193. The minimum absolute atomic E-state index is 0.153. The highest BCUT2D eigenvalue weighted by molar-refractivity contribution is 8.26. The first-order chi connectivity index (χ1) is 9.45. The molecular weight excluding hydrogens is 282 g/mol. The van der Waals surface area contributed by atoms with E-state index in [9.17, 15) is 19.7 Å². The number of nitro benzene ring substituents is 1. The second-order valence-corrected chi connectivity index (χ2v) is 5.19. The number of benzene rings is 1. The van der Waals surface area contributed by atoms with Crippen molar-refractivity contribution in [3.05, 3.63) is 39.9 Å². The van der Waals surface area contributed by atoms with Gasteiger partial charge in [-0.15, -0.1) is 0 Å². The molecule has 1 atom stereocenters. The molecule has 7 nitrogen and oxygen atoms in total. The van der Waals surface area contributed by atoms with E-state index in [1.807, 2.05) is 0 Å². The summed E-state index contributed by atoms with van der Waals surface area (Å²) in [5, 5.41) is 13.0. The van der Waals surface area contributed by atoms with E-state index in [0.717, 1.165) is 11.8 Å². The molecule has 1 N–H and O–H groups in total. The topological polar surface area (TPSA) is 102 Å². The average molecular weight is 293 g/mol. The van der Waals surface area contributed by atoms with Crippen LogP contribution in [0.4, 0.5) is 5.69 Å². The normalized spacial score (nSPS) is 18.1. The van der Waals surface area contributed by atoms with E-state index in [1.165, 1.54) is 24.3 Å². The summed E-state index contributed by atoms with van der Waals surface area (Å²) in [5.41, 5.74) is 0.0406. The molecule has 1 aliphatic heterocycles.